The van der Waals surface area contributed by atoms with E-state index in [1.807, 2.05) is 13.8 Å². The zero-order valence-electron chi connectivity index (χ0n) is 14.7. The molecule has 0 saturated carbocycles. The average Bonchev–Trinajstić information content (AvgIpc) is 2.63. The number of rotatable bonds is 9. The monoisotopic (exact) mass is 359 g/mol. The van der Waals surface area contributed by atoms with E-state index in [9.17, 15) is 9.59 Å². The fourth-order valence-electron chi connectivity index (χ4n) is 2.21. The number of benzene rings is 2. The molecule has 2 rings (SSSR count). The van der Waals surface area contributed by atoms with Crippen LogP contribution in [0.1, 0.15) is 24.2 Å². The van der Waals surface area contributed by atoms with E-state index in [1.54, 1.807) is 36.4 Å². The number of carboxylic acids is 1. The summed E-state index contributed by atoms with van der Waals surface area (Å²) in [5, 5.41) is 11.5. The van der Waals surface area contributed by atoms with Gasteiger partial charge in [-0.05, 0) is 44.2 Å². The molecule has 0 radical (unpaired) electrons. The van der Waals surface area contributed by atoms with Crippen LogP contribution in [0.25, 0.3) is 0 Å². The lowest BCUT2D eigenvalue weighted by Gasteiger charge is -2.14. The van der Waals surface area contributed by atoms with Gasteiger partial charge in [0.25, 0.3) is 5.91 Å². The van der Waals surface area contributed by atoms with Crippen LogP contribution in [0.4, 0.5) is 5.69 Å². The van der Waals surface area contributed by atoms with Crippen LogP contribution in [0.15, 0.2) is 42.5 Å². The molecule has 0 aliphatic rings. The standard InChI is InChI=1S/C19H21NO6/c1-3-24-15-8-9-17(25-4-2)16(11-15)20-19(23)13-6-5-7-14(10-13)26-12-18(21)22/h5-11H,3-4,12H2,1-2H3,(H,20,23)(H,21,22). The maximum absolute atomic E-state index is 12.6. The number of carbonyl (C=O) groups is 2. The van der Waals surface area contributed by atoms with Crippen molar-refractivity contribution in [3.05, 3.63) is 48.0 Å². The number of carboxylic acid groups (broad SMARTS) is 1. The Morgan fingerprint density at radius 3 is 2.38 bits per heavy atom. The van der Waals surface area contributed by atoms with Crippen molar-refractivity contribution in [2.45, 2.75) is 13.8 Å². The summed E-state index contributed by atoms with van der Waals surface area (Å²) in [6.45, 7) is 4.21. The lowest BCUT2D eigenvalue weighted by molar-refractivity contribution is -0.139. The van der Waals surface area contributed by atoms with Crippen LogP contribution in [0, 0.1) is 0 Å². The molecule has 7 heteroatoms. The van der Waals surface area contributed by atoms with Gasteiger partial charge in [0.15, 0.2) is 6.61 Å². The fraction of sp³-hybridized carbons (Fsp3) is 0.263. The lowest BCUT2D eigenvalue weighted by atomic mass is 10.2. The van der Waals surface area contributed by atoms with Crippen molar-refractivity contribution in [3.8, 4) is 17.2 Å². The molecular weight excluding hydrogens is 338 g/mol. The second-order valence-corrected chi connectivity index (χ2v) is 5.19. The van der Waals surface area contributed by atoms with Crippen molar-refractivity contribution >= 4 is 17.6 Å². The Morgan fingerprint density at radius 1 is 0.962 bits per heavy atom. The van der Waals surface area contributed by atoms with E-state index in [0.717, 1.165) is 0 Å². The van der Waals surface area contributed by atoms with Crippen LogP contribution in [0.5, 0.6) is 17.2 Å². The number of hydrogen-bond donors (Lipinski definition) is 2. The first-order valence-corrected chi connectivity index (χ1v) is 8.19. The minimum absolute atomic E-state index is 0.299. The van der Waals surface area contributed by atoms with Gasteiger partial charge in [-0.1, -0.05) is 6.07 Å². The highest BCUT2D eigenvalue weighted by atomic mass is 16.5. The third kappa shape index (κ3) is 5.41. The van der Waals surface area contributed by atoms with Crippen LogP contribution >= 0.6 is 0 Å². The first-order valence-electron chi connectivity index (χ1n) is 8.19. The zero-order chi connectivity index (χ0) is 18.9. The molecule has 26 heavy (non-hydrogen) atoms. The normalized spacial score (nSPS) is 10.1. The molecule has 0 aromatic heterocycles. The van der Waals surface area contributed by atoms with Crippen molar-refractivity contribution in [3.63, 3.8) is 0 Å². The van der Waals surface area contributed by atoms with E-state index in [0.29, 0.717) is 41.7 Å². The van der Waals surface area contributed by atoms with Crippen molar-refractivity contribution in [2.24, 2.45) is 0 Å². The highest BCUT2D eigenvalue weighted by Crippen LogP contribution is 2.30. The van der Waals surface area contributed by atoms with E-state index in [-0.39, 0.29) is 5.91 Å². The molecule has 0 bridgehead atoms. The molecule has 0 spiro atoms. The van der Waals surface area contributed by atoms with E-state index in [2.05, 4.69) is 5.32 Å². The highest BCUT2D eigenvalue weighted by Gasteiger charge is 2.12. The third-order valence-electron chi connectivity index (χ3n) is 3.27. The second-order valence-electron chi connectivity index (χ2n) is 5.19. The summed E-state index contributed by atoms with van der Waals surface area (Å²) in [6, 6.07) is 11.5. The van der Waals surface area contributed by atoms with E-state index in [1.165, 1.54) is 6.07 Å². The number of aliphatic carboxylic acids is 1. The molecule has 0 fully saturated rings. The first kappa shape index (κ1) is 19.1. The first-order chi connectivity index (χ1) is 12.5. The summed E-state index contributed by atoms with van der Waals surface area (Å²) in [5.74, 6) is -0.0187. The molecule has 0 atom stereocenters. The smallest absolute Gasteiger partial charge is 0.341 e. The Balaban J connectivity index is 2.19. The van der Waals surface area contributed by atoms with Gasteiger partial charge in [-0.2, -0.15) is 0 Å². The number of ether oxygens (including phenoxy) is 3. The Kier molecular flexibility index (Phi) is 6.84. The van der Waals surface area contributed by atoms with Gasteiger partial charge in [0, 0.05) is 11.6 Å². The van der Waals surface area contributed by atoms with Gasteiger partial charge < -0.3 is 24.6 Å². The Labute approximate surface area is 151 Å². The fourth-order valence-corrected chi connectivity index (χ4v) is 2.21. The zero-order valence-corrected chi connectivity index (χ0v) is 14.7. The van der Waals surface area contributed by atoms with Gasteiger partial charge in [0.05, 0.1) is 18.9 Å². The summed E-state index contributed by atoms with van der Waals surface area (Å²) < 4.78 is 16.1. The van der Waals surface area contributed by atoms with Crippen molar-refractivity contribution in [1.82, 2.24) is 0 Å². The molecule has 7 nitrogen and oxygen atoms in total. The van der Waals surface area contributed by atoms with Crippen molar-refractivity contribution < 1.29 is 28.9 Å². The van der Waals surface area contributed by atoms with E-state index >= 15 is 0 Å². The summed E-state index contributed by atoms with van der Waals surface area (Å²) >= 11 is 0. The molecule has 0 heterocycles. The predicted molar refractivity (Wildman–Crippen MR) is 96.3 cm³/mol. The quantitative estimate of drug-likeness (QED) is 0.714. The number of nitrogens with one attached hydrogen (secondary N) is 1. The largest absolute Gasteiger partial charge is 0.494 e. The number of hydrogen-bond acceptors (Lipinski definition) is 5. The van der Waals surface area contributed by atoms with Crippen LogP contribution in [0.3, 0.4) is 0 Å². The Hall–Kier alpha value is -3.22. The number of amides is 1. The molecule has 2 aromatic rings. The van der Waals surface area contributed by atoms with E-state index < -0.39 is 12.6 Å². The van der Waals surface area contributed by atoms with Crippen LogP contribution in [0.2, 0.25) is 0 Å². The minimum atomic E-state index is -1.09. The highest BCUT2D eigenvalue weighted by molar-refractivity contribution is 6.05. The third-order valence-corrected chi connectivity index (χ3v) is 3.27. The maximum Gasteiger partial charge on any atom is 0.341 e. The molecule has 0 aliphatic heterocycles. The van der Waals surface area contributed by atoms with Gasteiger partial charge in [-0.3, -0.25) is 4.79 Å². The molecule has 2 aromatic carbocycles. The molecule has 0 aliphatic carbocycles. The lowest BCUT2D eigenvalue weighted by Crippen LogP contribution is -2.14. The van der Waals surface area contributed by atoms with Gasteiger partial charge in [-0.15, -0.1) is 0 Å². The molecule has 0 saturated heterocycles. The Morgan fingerprint density at radius 2 is 1.69 bits per heavy atom. The van der Waals surface area contributed by atoms with Crippen LogP contribution in [-0.2, 0) is 4.79 Å². The summed E-state index contributed by atoms with van der Waals surface area (Å²) in [4.78, 5) is 23.1. The second kappa shape index (κ2) is 9.31. The van der Waals surface area contributed by atoms with Crippen LogP contribution < -0.4 is 19.5 Å². The topological polar surface area (TPSA) is 94.1 Å². The van der Waals surface area contributed by atoms with Crippen molar-refractivity contribution in [1.29, 1.82) is 0 Å². The maximum atomic E-state index is 12.6. The summed E-state index contributed by atoms with van der Waals surface area (Å²) in [5.41, 5.74) is 0.816. The predicted octanol–water partition coefficient (Wildman–Crippen LogP) is 3.20. The SMILES string of the molecule is CCOc1ccc(OCC)c(NC(=O)c2cccc(OCC(=O)O)c2)c1. The Bertz CT molecular complexity index is 774. The van der Waals surface area contributed by atoms with Crippen LogP contribution in [-0.4, -0.2) is 36.8 Å². The van der Waals surface area contributed by atoms with Gasteiger partial charge in [-0.25, -0.2) is 4.79 Å². The minimum Gasteiger partial charge on any atom is -0.494 e. The summed E-state index contributed by atoms with van der Waals surface area (Å²) in [6.07, 6.45) is 0. The molecular formula is C19H21NO6. The van der Waals surface area contributed by atoms with Crippen molar-refractivity contribution in [2.75, 3.05) is 25.1 Å². The molecule has 138 valence electrons. The molecule has 0 unspecified atom stereocenters. The average molecular weight is 359 g/mol. The van der Waals surface area contributed by atoms with Gasteiger partial charge >= 0.3 is 5.97 Å². The van der Waals surface area contributed by atoms with Gasteiger partial charge in [0.2, 0.25) is 0 Å². The molecule has 1 amide bonds. The van der Waals surface area contributed by atoms with Gasteiger partial charge in [0.1, 0.15) is 17.2 Å². The molecule has 2 N–H and O–H groups in total. The number of carbonyl (C=O) groups excluding carboxylic acids is 1. The number of anilines is 1. The van der Waals surface area contributed by atoms with E-state index in [4.69, 9.17) is 19.3 Å². The summed E-state index contributed by atoms with van der Waals surface area (Å²) in [7, 11) is 0.